The maximum absolute atomic E-state index is 13.3. The molecule has 2 amide bonds. The van der Waals surface area contributed by atoms with Crippen LogP contribution in [0.1, 0.15) is 35.2 Å². The zero-order valence-electron chi connectivity index (χ0n) is 18.2. The van der Waals surface area contributed by atoms with Crippen LogP contribution in [0.15, 0.2) is 58.3 Å². The van der Waals surface area contributed by atoms with Crippen LogP contribution < -0.4 is 0 Å². The molecule has 7 heteroatoms. The second kappa shape index (κ2) is 10.7. The molecule has 0 unspecified atom stereocenters. The number of benzene rings is 2. The lowest BCUT2D eigenvalue weighted by atomic mass is 10.1. The van der Waals surface area contributed by atoms with Crippen molar-refractivity contribution >= 4 is 23.6 Å². The first-order valence-corrected chi connectivity index (χ1v) is 12.0. The van der Waals surface area contributed by atoms with Gasteiger partial charge in [0.2, 0.25) is 5.91 Å². The molecule has 2 aromatic rings. The van der Waals surface area contributed by atoms with Gasteiger partial charge < -0.3 is 9.80 Å². The summed E-state index contributed by atoms with van der Waals surface area (Å²) in [6.45, 7) is 4.83. The van der Waals surface area contributed by atoms with Crippen LogP contribution in [0.3, 0.4) is 0 Å². The van der Waals surface area contributed by atoms with Gasteiger partial charge in [-0.3, -0.25) is 14.5 Å². The topological polar surface area (TPSA) is 67.6 Å². The van der Waals surface area contributed by atoms with Crippen molar-refractivity contribution in [3.05, 3.63) is 59.7 Å². The maximum atomic E-state index is 13.3. The van der Waals surface area contributed by atoms with E-state index in [2.05, 4.69) is 11.0 Å². The highest BCUT2D eigenvalue weighted by atomic mass is 32.2. The van der Waals surface area contributed by atoms with Crippen LogP contribution in [0.4, 0.5) is 0 Å². The molecule has 32 heavy (non-hydrogen) atoms. The van der Waals surface area contributed by atoms with E-state index in [0.717, 1.165) is 35.7 Å². The highest BCUT2D eigenvalue weighted by molar-refractivity contribution is 7.99. The molecular weight excluding hydrogens is 420 g/mol. The fourth-order valence-corrected chi connectivity index (χ4v) is 5.23. The molecule has 2 saturated heterocycles. The first-order valence-electron chi connectivity index (χ1n) is 11.2. The Bertz CT molecular complexity index is 1000. The number of hydrogen-bond donors (Lipinski definition) is 0. The summed E-state index contributed by atoms with van der Waals surface area (Å²) in [5, 5.41) is 9.38. The Morgan fingerprint density at radius 1 is 0.812 bits per heavy atom. The smallest absolute Gasteiger partial charge is 0.255 e. The van der Waals surface area contributed by atoms with Crippen LogP contribution in [0.25, 0.3) is 0 Å². The van der Waals surface area contributed by atoms with Crippen molar-refractivity contribution in [2.75, 3.05) is 45.8 Å². The van der Waals surface area contributed by atoms with E-state index in [1.54, 1.807) is 6.07 Å². The molecule has 0 atom stereocenters. The van der Waals surface area contributed by atoms with Gasteiger partial charge >= 0.3 is 0 Å². The van der Waals surface area contributed by atoms with E-state index in [1.165, 1.54) is 18.2 Å². The minimum Gasteiger partial charge on any atom is -0.342 e. The number of carbonyl (C=O) groups is 2. The maximum Gasteiger partial charge on any atom is 0.255 e. The van der Waals surface area contributed by atoms with E-state index in [4.69, 9.17) is 0 Å². The van der Waals surface area contributed by atoms with Gasteiger partial charge in [-0.05, 0) is 43.5 Å². The van der Waals surface area contributed by atoms with Crippen LogP contribution in [-0.2, 0) is 4.79 Å². The quantitative estimate of drug-likeness (QED) is 0.701. The van der Waals surface area contributed by atoms with Gasteiger partial charge in [0.25, 0.3) is 5.91 Å². The molecule has 0 spiro atoms. The van der Waals surface area contributed by atoms with Crippen LogP contribution in [0.2, 0.25) is 0 Å². The number of piperidine rings is 1. The molecule has 166 valence electrons. The van der Waals surface area contributed by atoms with Crippen molar-refractivity contribution in [3.63, 3.8) is 0 Å². The van der Waals surface area contributed by atoms with Crippen LogP contribution in [-0.4, -0.2) is 72.3 Å². The summed E-state index contributed by atoms with van der Waals surface area (Å²) in [4.78, 5) is 33.6. The lowest BCUT2D eigenvalue weighted by Gasteiger charge is -2.36. The summed E-state index contributed by atoms with van der Waals surface area (Å²) in [7, 11) is 0. The minimum absolute atomic E-state index is 0.00421. The van der Waals surface area contributed by atoms with Crippen molar-refractivity contribution in [2.24, 2.45) is 0 Å². The highest BCUT2D eigenvalue weighted by Gasteiger charge is 2.26. The van der Waals surface area contributed by atoms with E-state index in [0.29, 0.717) is 43.9 Å². The Morgan fingerprint density at radius 2 is 1.47 bits per heavy atom. The molecule has 2 aromatic carbocycles. The third-order valence-electron chi connectivity index (χ3n) is 6.07. The van der Waals surface area contributed by atoms with Gasteiger partial charge in [0.15, 0.2) is 0 Å². The summed E-state index contributed by atoms with van der Waals surface area (Å²) >= 11 is 1.45. The molecule has 2 aliphatic rings. The number of piperazine rings is 1. The molecule has 0 radical (unpaired) electrons. The van der Waals surface area contributed by atoms with Crippen molar-refractivity contribution in [1.82, 2.24) is 14.7 Å². The standard InChI is InChI=1S/C25H28N4O2S/c26-18-20-8-2-4-10-22(20)32-23-11-5-3-9-21(23)25(31)29-16-14-27(15-17-29)19-24(30)28-12-6-1-7-13-28/h2-5,8-11H,1,6-7,12-17,19H2. The monoisotopic (exact) mass is 448 g/mol. The second-order valence-electron chi connectivity index (χ2n) is 8.22. The SMILES string of the molecule is N#Cc1ccccc1Sc1ccccc1C(=O)N1CCN(CC(=O)N2CCCCC2)CC1. The van der Waals surface area contributed by atoms with Crippen molar-refractivity contribution in [1.29, 1.82) is 5.26 Å². The first kappa shape index (κ1) is 22.4. The Labute approximate surface area is 193 Å². The van der Waals surface area contributed by atoms with Crippen LogP contribution >= 0.6 is 11.8 Å². The minimum atomic E-state index is 0.00421. The Morgan fingerprint density at radius 3 is 2.19 bits per heavy atom. The fraction of sp³-hybridized carbons (Fsp3) is 0.400. The van der Waals surface area contributed by atoms with E-state index in [-0.39, 0.29) is 11.8 Å². The molecule has 0 saturated carbocycles. The largest absolute Gasteiger partial charge is 0.342 e. The molecule has 0 aliphatic carbocycles. The molecule has 4 rings (SSSR count). The number of amides is 2. The summed E-state index contributed by atoms with van der Waals surface area (Å²) in [6.07, 6.45) is 3.42. The van der Waals surface area contributed by atoms with E-state index in [1.807, 2.05) is 52.3 Å². The number of rotatable bonds is 5. The van der Waals surface area contributed by atoms with Gasteiger partial charge in [-0.15, -0.1) is 0 Å². The third kappa shape index (κ3) is 5.32. The average molecular weight is 449 g/mol. The van der Waals surface area contributed by atoms with E-state index < -0.39 is 0 Å². The normalized spacial score (nSPS) is 17.1. The first-order chi connectivity index (χ1) is 15.7. The zero-order chi connectivity index (χ0) is 22.3. The summed E-state index contributed by atoms with van der Waals surface area (Å²) < 4.78 is 0. The predicted molar refractivity (Wildman–Crippen MR) is 124 cm³/mol. The number of likely N-dealkylation sites (tertiary alicyclic amines) is 1. The van der Waals surface area contributed by atoms with Gasteiger partial charge in [0.05, 0.1) is 17.7 Å². The van der Waals surface area contributed by atoms with Gasteiger partial charge in [-0.1, -0.05) is 36.0 Å². The van der Waals surface area contributed by atoms with E-state index in [9.17, 15) is 14.9 Å². The van der Waals surface area contributed by atoms with Crippen molar-refractivity contribution in [2.45, 2.75) is 29.1 Å². The van der Waals surface area contributed by atoms with Gasteiger partial charge in [0, 0.05) is 49.1 Å². The Kier molecular flexibility index (Phi) is 7.46. The fourth-order valence-electron chi connectivity index (χ4n) is 4.21. The lowest BCUT2D eigenvalue weighted by molar-refractivity contribution is -0.133. The number of nitrogens with zero attached hydrogens (tertiary/aromatic N) is 4. The molecular formula is C25H28N4O2S. The number of carbonyl (C=O) groups excluding carboxylic acids is 2. The Balaban J connectivity index is 1.37. The molecule has 2 fully saturated rings. The Hall–Kier alpha value is -2.82. The molecule has 0 bridgehead atoms. The molecule has 2 aliphatic heterocycles. The summed E-state index contributed by atoms with van der Waals surface area (Å²) in [5.41, 5.74) is 1.26. The van der Waals surface area contributed by atoms with Crippen molar-refractivity contribution in [3.8, 4) is 6.07 Å². The van der Waals surface area contributed by atoms with Gasteiger partial charge in [-0.2, -0.15) is 5.26 Å². The lowest BCUT2D eigenvalue weighted by Crippen LogP contribution is -2.52. The molecule has 2 heterocycles. The summed E-state index contributed by atoms with van der Waals surface area (Å²) in [6, 6.07) is 17.2. The average Bonchev–Trinajstić information content (AvgIpc) is 2.85. The number of nitriles is 1. The van der Waals surface area contributed by atoms with Crippen molar-refractivity contribution < 1.29 is 9.59 Å². The predicted octanol–water partition coefficient (Wildman–Crippen LogP) is 3.48. The van der Waals surface area contributed by atoms with Gasteiger partial charge in [-0.25, -0.2) is 0 Å². The third-order valence-corrected chi connectivity index (χ3v) is 7.22. The molecule has 0 N–H and O–H groups in total. The second-order valence-corrected chi connectivity index (χ2v) is 9.30. The summed E-state index contributed by atoms with van der Waals surface area (Å²) in [5.74, 6) is 0.215. The number of hydrogen-bond acceptors (Lipinski definition) is 5. The van der Waals surface area contributed by atoms with Crippen LogP contribution in [0.5, 0.6) is 0 Å². The van der Waals surface area contributed by atoms with Crippen LogP contribution in [0, 0.1) is 11.3 Å². The van der Waals surface area contributed by atoms with E-state index >= 15 is 0 Å². The molecule has 0 aromatic heterocycles. The molecule has 6 nitrogen and oxygen atoms in total. The zero-order valence-corrected chi connectivity index (χ0v) is 19.0. The highest BCUT2D eigenvalue weighted by Crippen LogP contribution is 2.33. The van der Waals surface area contributed by atoms with Gasteiger partial charge in [0.1, 0.15) is 6.07 Å².